The number of hydrogen-bond acceptors (Lipinski definition) is 8. The Morgan fingerprint density at radius 3 is 1.37 bits per heavy atom. The van der Waals surface area contributed by atoms with Crippen molar-refractivity contribution in [2.24, 2.45) is 11.8 Å². The molecular formula is C44H60F2N8O6. The molecule has 2 aliphatic rings. The lowest BCUT2D eigenvalue weighted by molar-refractivity contribution is -0.139. The fourth-order valence-corrected chi connectivity index (χ4v) is 8.69. The van der Waals surface area contributed by atoms with Crippen LogP contribution in [0.15, 0.2) is 36.4 Å². The Morgan fingerprint density at radius 1 is 0.667 bits per heavy atom. The van der Waals surface area contributed by atoms with Gasteiger partial charge in [-0.3, -0.25) is 19.2 Å². The summed E-state index contributed by atoms with van der Waals surface area (Å²) in [7, 11) is 3.32. The molecule has 0 unspecified atom stereocenters. The third-order valence-corrected chi connectivity index (χ3v) is 12.3. The fraction of sp³-hybridized carbons (Fsp3) is 0.545. The van der Waals surface area contributed by atoms with Crippen molar-refractivity contribution < 1.29 is 38.2 Å². The third-order valence-electron chi connectivity index (χ3n) is 12.3. The van der Waals surface area contributed by atoms with Crippen molar-refractivity contribution in [2.45, 2.75) is 116 Å². The number of aliphatic hydroxyl groups excluding tert-OH is 2. The number of β-amino-alcohol motifs (C(OH)–C–C–N with tert-alkyl or cyclic N) is 2. The van der Waals surface area contributed by atoms with Crippen LogP contribution in [0.25, 0.3) is 33.2 Å². The summed E-state index contributed by atoms with van der Waals surface area (Å²) in [5, 5.41) is 35.0. The Hall–Kier alpha value is -4.90. The molecule has 2 aromatic heterocycles. The lowest BCUT2D eigenvalue weighted by Crippen LogP contribution is -2.55. The summed E-state index contributed by atoms with van der Waals surface area (Å²) < 4.78 is 29.7. The molecule has 326 valence electrons. The molecule has 2 fully saturated rings. The van der Waals surface area contributed by atoms with Gasteiger partial charge in [0.05, 0.1) is 35.7 Å². The van der Waals surface area contributed by atoms with E-state index >= 15 is 0 Å². The van der Waals surface area contributed by atoms with Crippen LogP contribution in [-0.2, 0) is 32.0 Å². The average Bonchev–Trinajstić information content (AvgIpc) is 3.96. The van der Waals surface area contributed by atoms with Gasteiger partial charge in [-0.1, -0.05) is 27.7 Å². The molecule has 0 bridgehead atoms. The summed E-state index contributed by atoms with van der Waals surface area (Å²) in [6, 6.07) is 5.03. The van der Waals surface area contributed by atoms with E-state index < -0.39 is 60.1 Å². The molecule has 16 heteroatoms. The number of aromatic amines is 2. The zero-order valence-corrected chi connectivity index (χ0v) is 35.7. The number of amides is 4. The number of aromatic nitrogens is 2. The molecule has 2 aromatic carbocycles. The molecule has 0 radical (unpaired) electrons. The van der Waals surface area contributed by atoms with Gasteiger partial charge in [-0.15, -0.1) is 0 Å². The number of likely N-dealkylation sites (N-methyl/N-ethyl adjacent to an activating group) is 2. The van der Waals surface area contributed by atoms with Crippen LogP contribution in [0.1, 0.15) is 65.5 Å². The molecule has 0 spiro atoms. The summed E-state index contributed by atoms with van der Waals surface area (Å²) in [6.45, 7) is 10.9. The summed E-state index contributed by atoms with van der Waals surface area (Å²) in [5.41, 5.74) is 3.56. The lowest BCUT2D eigenvalue weighted by Gasteiger charge is -2.32. The second-order valence-electron chi connectivity index (χ2n) is 17.3. The smallest absolute Gasteiger partial charge is 0.245 e. The van der Waals surface area contributed by atoms with E-state index in [4.69, 9.17) is 0 Å². The Labute approximate surface area is 349 Å². The van der Waals surface area contributed by atoms with Gasteiger partial charge < -0.3 is 51.2 Å². The van der Waals surface area contributed by atoms with Gasteiger partial charge in [0.15, 0.2) is 0 Å². The maximum Gasteiger partial charge on any atom is 0.245 e. The van der Waals surface area contributed by atoms with E-state index in [1.807, 2.05) is 27.7 Å². The van der Waals surface area contributed by atoms with Crippen LogP contribution in [0.2, 0.25) is 0 Å². The Bertz CT molecular complexity index is 2070. The number of halogens is 2. The molecule has 2 aliphatic heterocycles. The second-order valence-corrected chi connectivity index (χ2v) is 17.3. The monoisotopic (exact) mass is 834 g/mol. The Balaban J connectivity index is 1.41. The van der Waals surface area contributed by atoms with E-state index in [1.165, 1.54) is 24.3 Å². The molecule has 4 aromatic rings. The van der Waals surface area contributed by atoms with Crippen molar-refractivity contribution in [1.82, 2.24) is 41.0 Å². The maximum atomic E-state index is 14.9. The van der Waals surface area contributed by atoms with Gasteiger partial charge in [-0.25, -0.2) is 8.78 Å². The van der Waals surface area contributed by atoms with Crippen LogP contribution in [0.4, 0.5) is 8.78 Å². The van der Waals surface area contributed by atoms with Gasteiger partial charge in [-0.2, -0.15) is 0 Å². The molecule has 6 rings (SSSR count). The van der Waals surface area contributed by atoms with E-state index in [9.17, 15) is 38.2 Å². The topological polar surface area (TPSA) is 195 Å². The van der Waals surface area contributed by atoms with E-state index in [0.29, 0.717) is 33.2 Å². The first-order valence-corrected chi connectivity index (χ1v) is 20.9. The second kappa shape index (κ2) is 18.4. The predicted molar refractivity (Wildman–Crippen MR) is 226 cm³/mol. The molecule has 60 heavy (non-hydrogen) atoms. The highest BCUT2D eigenvalue weighted by molar-refractivity contribution is 5.97. The number of hydrogen-bond donors (Lipinski definition) is 8. The lowest BCUT2D eigenvalue weighted by atomic mass is 9.94. The molecule has 8 atom stereocenters. The van der Waals surface area contributed by atoms with Gasteiger partial charge in [0, 0.05) is 47.0 Å². The quantitative estimate of drug-likeness (QED) is 0.0896. The minimum atomic E-state index is -0.851. The summed E-state index contributed by atoms with van der Waals surface area (Å²) in [5.74, 6) is -2.74. The predicted octanol–water partition coefficient (Wildman–Crippen LogP) is 3.10. The summed E-state index contributed by atoms with van der Waals surface area (Å²) in [4.78, 5) is 64.5. The summed E-state index contributed by atoms with van der Waals surface area (Å²) >= 11 is 0. The molecule has 0 aliphatic carbocycles. The zero-order chi connectivity index (χ0) is 43.7. The highest BCUT2D eigenvalue weighted by Crippen LogP contribution is 2.40. The van der Waals surface area contributed by atoms with Crippen LogP contribution >= 0.6 is 0 Å². The molecule has 14 nitrogen and oxygen atoms in total. The first-order chi connectivity index (χ1) is 28.4. The van der Waals surface area contributed by atoms with Gasteiger partial charge >= 0.3 is 0 Å². The van der Waals surface area contributed by atoms with Gasteiger partial charge in [0.1, 0.15) is 23.7 Å². The van der Waals surface area contributed by atoms with E-state index in [1.54, 1.807) is 49.9 Å². The first-order valence-electron chi connectivity index (χ1n) is 20.9. The van der Waals surface area contributed by atoms with Crippen molar-refractivity contribution in [2.75, 3.05) is 27.2 Å². The van der Waals surface area contributed by atoms with Crippen LogP contribution < -0.4 is 21.3 Å². The van der Waals surface area contributed by atoms with E-state index in [0.717, 1.165) is 11.1 Å². The van der Waals surface area contributed by atoms with Gasteiger partial charge in [-0.05, 0) is 113 Å². The molecule has 2 saturated heterocycles. The minimum Gasteiger partial charge on any atom is -0.391 e. The normalized spacial score (nSPS) is 21.6. The van der Waals surface area contributed by atoms with Crippen LogP contribution in [0.3, 0.4) is 0 Å². The molecule has 4 heterocycles. The highest BCUT2D eigenvalue weighted by atomic mass is 19.1. The fourth-order valence-electron chi connectivity index (χ4n) is 8.69. The van der Waals surface area contributed by atoms with Gasteiger partial charge in [0.25, 0.3) is 0 Å². The van der Waals surface area contributed by atoms with Crippen molar-refractivity contribution in [3.63, 3.8) is 0 Å². The van der Waals surface area contributed by atoms with Crippen LogP contribution in [0.5, 0.6) is 0 Å². The standard InChI is InChI=1S/C44H60F2N8O6/c1-21(2)37(51-41(57)23(5)47-7)43(59)53-19-29(55)15-27(53)17-33-31-11-9-25(45)13-35(31)49-39(33)40-34(32-12-10-26(46)14-36(32)50-40)18-28-16-30(56)20-54(28)44(60)38(22(3)4)52-42(58)24(6)48-8/h9-14,21-24,27-30,37-38,47-50,55-56H,15-20H2,1-8H3,(H,51,57)(H,52,58)/t23-,24-,27-,28-,29-,30-,37-,38-/m0/s1. The number of rotatable bonds is 15. The number of nitrogens with one attached hydrogen (secondary N) is 6. The third kappa shape index (κ3) is 9.21. The Kier molecular flexibility index (Phi) is 13.7. The van der Waals surface area contributed by atoms with Gasteiger partial charge in [0.2, 0.25) is 23.6 Å². The van der Waals surface area contributed by atoms with Crippen LogP contribution in [-0.4, -0.2) is 129 Å². The Morgan fingerprint density at radius 2 is 1.03 bits per heavy atom. The summed E-state index contributed by atoms with van der Waals surface area (Å²) in [6.07, 6.45) is -0.650. The zero-order valence-electron chi connectivity index (χ0n) is 35.7. The van der Waals surface area contributed by atoms with E-state index in [2.05, 4.69) is 31.2 Å². The highest BCUT2D eigenvalue weighted by Gasteiger charge is 2.42. The van der Waals surface area contributed by atoms with Crippen molar-refractivity contribution in [1.29, 1.82) is 0 Å². The molecular weight excluding hydrogens is 775 g/mol. The van der Waals surface area contributed by atoms with Crippen molar-refractivity contribution in [3.05, 3.63) is 59.2 Å². The van der Waals surface area contributed by atoms with Crippen LogP contribution in [0, 0.1) is 23.5 Å². The largest absolute Gasteiger partial charge is 0.391 e. The van der Waals surface area contributed by atoms with Crippen molar-refractivity contribution >= 4 is 45.4 Å². The number of carbonyl (C=O) groups is 4. The number of benzene rings is 2. The number of likely N-dealkylation sites (tertiary alicyclic amines) is 2. The average molecular weight is 835 g/mol. The number of carbonyl (C=O) groups excluding carboxylic acids is 4. The number of fused-ring (bicyclic) bond motifs is 2. The first kappa shape index (κ1) is 44.6. The number of aliphatic hydroxyl groups is 2. The molecule has 4 amide bonds. The number of H-pyrrole nitrogens is 2. The minimum absolute atomic E-state index is 0.0625. The molecule has 8 N–H and O–H groups in total. The number of nitrogens with zero attached hydrogens (tertiary/aromatic N) is 2. The molecule has 0 saturated carbocycles. The maximum absolute atomic E-state index is 14.9. The SMILES string of the molecule is CN[C@@H](C)C(=O)N[C@H](C(=O)N1C[C@@H](O)C[C@H]1Cc1c(-c2[nH]c3cc(F)ccc3c2C[C@@H]2C[C@H](O)CN2C(=O)[C@@H](NC(=O)[C@H](C)NC)C(C)C)[nH]c2cc(F)ccc12)C(C)C. The van der Waals surface area contributed by atoms with E-state index in [-0.39, 0.29) is 74.2 Å². The van der Waals surface area contributed by atoms with Crippen molar-refractivity contribution in [3.8, 4) is 11.4 Å².